The summed E-state index contributed by atoms with van der Waals surface area (Å²) < 4.78 is 0. The van der Waals surface area contributed by atoms with Crippen LogP contribution in [0.5, 0.6) is 5.75 Å². The molecule has 0 fully saturated rings. The second-order valence-electron chi connectivity index (χ2n) is 26.3. The highest BCUT2D eigenvalue weighted by molar-refractivity contribution is 5.99. The average Bonchev–Trinajstić information content (AvgIpc) is 0.866. The number of carboxylic acids is 1. The largest absolute Gasteiger partial charge is 0.508 e. The normalized spacial score (nSPS) is 14.8. The highest BCUT2D eigenvalue weighted by atomic mass is 16.4. The Hall–Kier alpha value is -9.25. The van der Waals surface area contributed by atoms with Crippen LogP contribution in [0.15, 0.2) is 29.3 Å². The number of carboxylic acid groups (broad SMARTS) is 1. The van der Waals surface area contributed by atoms with Crippen molar-refractivity contribution in [3.8, 4) is 5.75 Å². The van der Waals surface area contributed by atoms with E-state index in [1.807, 2.05) is 0 Å². The van der Waals surface area contributed by atoms with Gasteiger partial charge in [-0.25, -0.2) is 4.79 Å². The van der Waals surface area contributed by atoms with E-state index in [4.69, 9.17) is 22.9 Å². The lowest BCUT2D eigenvalue weighted by molar-refractivity contribution is -0.142. The Bertz CT molecular complexity index is 2910. The third-order valence-corrected chi connectivity index (χ3v) is 15.6. The summed E-state index contributed by atoms with van der Waals surface area (Å²) in [6.07, 6.45) is 1.60. The third-order valence-electron chi connectivity index (χ3n) is 15.6. The van der Waals surface area contributed by atoms with Crippen molar-refractivity contribution in [3.05, 3.63) is 29.8 Å². The molecule has 0 bridgehead atoms. The second kappa shape index (κ2) is 46.2. The van der Waals surface area contributed by atoms with Gasteiger partial charge in [-0.15, -0.1) is 0 Å². The Kier molecular flexibility index (Phi) is 41.0. The summed E-state index contributed by atoms with van der Waals surface area (Å²) >= 11 is 0. The van der Waals surface area contributed by atoms with Gasteiger partial charge in [0.25, 0.3) is 0 Å². The molecule has 0 saturated heterocycles. The summed E-state index contributed by atoms with van der Waals surface area (Å²) in [5.41, 5.74) is 22.5. The Labute approximate surface area is 584 Å². The molecule has 35 nitrogen and oxygen atoms in total. The van der Waals surface area contributed by atoms with Gasteiger partial charge in [0.1, 0.15) is 72.2 Å². The fraction of sp³-hybridized carbons (Fsp3) is 0.677. The van der Waals surface area contributed by atoms with E-state index in [9.17, 15) is 82.4 Å². The molecule has 0 saturated carbocycles. The maximum absolute atomic E-state index is 14.0. The minimum absolute atomic E-state index is 0.0175. The van der Waals surface area contributed by atoms with Crippen LogP contribution in [0, 0.1) is 29.6 Å². The molecule has 100 heavy (non-hydrogen) atoms. The van der Waals surface area contributed by atoms with Crippen molar-refractivity contribution >= 4 is 88.7 Å². The summed E-state index contributed by atoms with van der Waals surface area (Å²) in [6, 6.07) is -8.72. The van der Waals surface area contributed by atoms with E-state index in [1.54, 1.807) is 69.2 Å². The first-order chi connectivity index (χ1) is 46.9. The summed E-state index contributed by atoms with van der Waals surface area (Å²) in [5, 5.41) is 62.6. The number of phenolic OH excluding ortho intramolecular Hbond substituents is 1. The number of rotatable bonds is 47. The zero-order valence-corrected chi connectivity index (χ0v) is 59.7. The van der Waals surface area contributed by atoms with E-state index in [0.717, 1.165) is 0 Å². The number of phenols is 1. The molecule has 35 heteroatoms. The second-order valence-corrected chi connectivity index (χ2v) is 26.3. The predicted octanol–water partition coefficient (Wildman–Crippen LogP) is -4.40. The fourth-order valence-electron chi connectivity index (χ4n) is 9.85. The van der Waals surface area contributed by atoms with Crippen molar-refractivity contribution in [2.24, 2.45) is 57.5 Å². The number of nitrogens with one attached hydrogen (secondary N) is 13. The molecular weight excluding hydrogens is 1300 g/mol. The molecule has 1 aromatic rings. The number of nitrogens with zero attached hydrogens (tertiary/aromatic N) is 1. The molecule has 1 rings (SSSR count). The van der Waals surface area contributed by atoms with Gasteiger partial charge in [0.2, 0.25) is 76.8 Å². The van der Waals surface area contributed by atoms with Gasteiger partial charge in [-0.2, -0.15) is 0 Å². The third kappa shape index (κ3) is 34.5. The molecule has 0 radical (unpaired) electrons. The number of carbonyl (C=O) groups is 14. The van der Waals surface area contributed by atoms with Crippen molar-refractivity contribution in [1.29, 1.82) is 0 Å². The number of guanidine groups is 1. The number of benzene rings is 1. The Morgan fingerprint density at radius 1 is 0.450 bits per heavy atom. The first-order valence-electron chi connectivity index (χ1n) is 33.8. The Morgan fingerprint density at radius 2 is 0.870 bits per heavy atom. The first-order valence-corrected chi connectivity index (χ1v) is 33.8. The topological polar surface area (TPSA) is 572 Å². The van der Waals surface area contributed by atoms with Crippen molar-refractivity contribution in [1.82, 2.24) is 69.1 Å². The van der Waals surface area contributed by atoms with E-state index < -0.39 is 187 Å². The van der Waals surface area contributed by atoms with Gasteiger partial charge in [0.05, 0.1) is 26.2 Å². The van der Waals surface area contributed by atoms with Crippen LogP contribution < -0.4 is 92.1 Å². The molecule has 13 amide bonds. The monoisotopic (exact) mass is 1420 g/mol. The highest BCUT2D eigenvalue weighted by Crippen LogP contribution is 2.15. The highest BCUT2D eigenvalue weighted by Gasteiger charge is 2.36. The Morgan fingerprint density at radius 3 is 1.37 bits per heavy atom. The van der Waals surface area contributed by atoms with Gasteiger partial charge in [0.15, 0.2) is 5.96 Å². The van der Waals surface area contributed by atoms with Crippen LogP contribution in [0.2, 0.25) is 0 Å². The van der Waals surface area contributed by atoms with Gasteiger partial charge in [-0.1, -0.05) is 87.8 Å². The molecule has 24 N–H and O–H groups in total. The number of aliphatic hydroxyl groups excluding tert-OH is 1. The van der Waals surface area contributed by atoms with E-state index in [1.165, 1.54) is 38.1 Å². The SMILES string of the molecule is CC[C@H](C)[C@H](NC(=O)[C@H](CO)NC(=O)[C@@H](NC(=O)[C@H](CCCCN)NC(=O)CN)C(C)C)C(=O)N[C@@H](C)C(=O)NCC(=O)N[C@@H](CC(C)C)C(=O)N[C@@H](CCCN=C(N)N)C(=O)NCC(=O)N[C@@H](CC(C)C)C(=O)N[C@@H](C)C(=O)N[C@@H](Cc1ccc(O)cc1)C(=O)N[C@@H](CC(C)C)C(=O)O. The quantitative estimate of drug-likeness (QED) is 0.0166. The van der Waals surface area contributed by atoms with E-state index in [-0.39, 0.29) is 81.0 Å². The molecule has 0 aromatic heterocycles. The van der Waals surface area contributed by atoms with Crippen LogP contribution >= 0.6 is 0 Å². The van der Waals surface area contributed by atoms with Gasteiger partial charge in [-0.3, -0.25) is 67.3 Å². The number of aliphatic hydroxyl groups is 1. The van der Waals surface area contributed by atoms with Crippen LogP contribution in [0.25, 0.3) is 0 Å². The van der Waals surface area contributed by atoms with Gasteiger partial charge in [-0.05, 0) is 119 Å². The van der Waals surface area contributed by atoms with Crippen molar-refractivity contribution in [2.75, 3.05) is 39.3 Å². The maximum Gasteiger partial charge on any atom is 0.326 e. The van der Waals surface area contributed by atoms with E-state index >= 15 is 0 Å². The number of unbranched alkanes of at least 4 members (excludes halogenated alkanes) is 1. The molecule has 0 aliphatic heterocycles. The zero-order valence-electron chi connectivity index (χ0n) is 59.7. The minimum Gasteiger partial charge on any atom is -0.508 e. The number of aliphatic carboxylic acids is 1. The lowest BCUT2D eigenvalue weighted by Gasteiger charge is -2.29. The smallest absolute Gasteiger partial charge is 0.326 e. The van der Waals surface area contributed by atoms with E-state index in [2.05, 4.69) is 74.1 Å². The lowest BCUT2D eigenvalue weighted by Crippen LogP contribution is -2.61. The summed E-state index contributed by atoms with van der Waals surface area (Å²) in [4.78, 5) is 192. The van der Waals surface area contributed by atoms with Gasteiger partial charge in [0, 0.05) is 13.0 Å². The molecule has 0 aliphatic rings. The predicted molar refractivity (Wildman–Crippen MR) is 370 cm³/mol. The molecule has 0 aliphatic carbocycles. The summed E-state index contributed by atoms with van der Waals surface area (Å²) in [6.45, 7) is 17.4. The first kappa shape index (κ1) is 88.8. The number of hydrogen-bond donors (Lipinski definition) is 20. The number of aliphatic imine (C=N–C) groups is 1. The van der Waals surface area contributed by atoms with Crippen LogP contribution in [-0.2, 0) is 73.5 Å². The van der Waals surface area contributed by atoms with Crippen molar-refractivity contribution < 1.29 is 82.4 Å². The summed E-state index contributed by atoms with van der Waals surface area (Å²) in [5.74, 6) is -14.0. The number of aromatic hydroxyl groups is 1. The molecule has 564 valence electrons. The fourth-order valence-corrected chi connectivity index (χ4v) is 9.85. The molecule has 0 unspecified atom stereocenters. The number of amides is 13. The number of nitrogens with two attached hydrogens (primary N) is 4. The van der Waals surface area contributed by atoms with Crippen molar-refractivity contribution in [2.45, 2.75) is 214 Å². The molecule has 12 atom stereocenters. The van der Waals surface area contributed by atoms with Gasteiger partial charge >= 0.3 is 5.97 Å². The summed E-state index contributed by atoms with van der Waals surface area (Å²) in [7, 11) is 0. The lowest BCUT2D eigenvalue weighted by atomic mass is 9.97. The van der Waals surface area contributed by atoms with Crippen molar-refractivity contribution in [3.63, 3.8) is 0 Å². The minimum atomic E-state index is -1.63. The molecule has 0 heterocycles. The number of carbonyl (C=O) groups excluding carboxylic acids is 13. The molecule has 1 aromatic carbocycles. The Balaban J connectivity index is 3.20. The molecular formula is C65H112N18O17. The maximum atomic E-state index is 14.0. The van der Waals surface area contributed by atoms with Crippen LogP contribution in [0.3, 0.4) is 0 Å². The van der Waals surface area contributed by atoms with Crippen LogP contribution in [-0.4, -0.2) is 210 Å². The standard InChI is InChI=1S/C65H112N18O17/c1-13-37(10)53(83-61(96)48(32-84)81-62(97)52(36(8)9)82-57(92)43(17-14-15-23-66)75-49(86)29-67)63(98)74-38(11)54(89)71-30-50(87)77-45(26-34(4)5)59(94)78-42(18-16-24-70-65(68)69)56(91)72-31-51(88)76-44(25-33(2)3)58(93)73-39(12)55(90)79-46(28-40-19-21-41(85)22-20-40)60(95)80-47(64(99)100)27-35(6)7/h19-22,33-39,42-48,52-53,84-85H,13-18,23-32,66-67H2,1-12H3,(H,71,89)(H,72,91)(H,73,93)(H,74,98)(H,75,86)(H,76,88)(H,77,87)(H,78,94)(H,79,90)(H,80,95)(H,81,97)(H,82,92)(H,83,96)(H,99,100)(H4,68,69,70)/t37-,38-,39-,42-,43-,44-,45-,46-,47-,48-,52-,53-/m0/s1. The van der Waals surface area contributed by atoms with Crippen LogP contribution in [0.4, 0.5) is 0 Å². The van der Waals surface area contributed by atoms with E-state index in [0.29, 0.717) is 31.4 Å². The molecule has 0 spiro atoms. The number of hydrogen-bond acceptors (Lipinski definition) is 19. The average molecular weight is 1420 g/mol. The zero-order chi connectivity index (χ0) is 76.1. The van der Waals surface area contributed by atoms with Gasteiger partial charge < -0.3 is 107 Å². The van der Waals surface area contributed by atoms with Crippen LogP contribution in [0.1, 0.15) is 146 Å².